The van der Waals surface area contributed by atoms with Crippen molar-refractivity contribution in [2.75, 3.05) is 13.1 Å². The van der Waals surface area contributed by atoms with E-state index in [1.807, 2.05) is 55.1 Å². The highest BCUT2D eigenvalue weighted by Crippen LogP contribution is 2.25. The zero-order valence-corrected chi connectivity index (χ0v) is 20.0. The fourth-order valence-electron chi connectivity index (χ4n) is 4.64. The Balaban J connectivity index is 1.42. The van der Waals surface area contributed by atoms with Crippen LogP contribution in [0.25, 0.3) is 5.69 Å². The summed E-state index contributed by atoms with van der Waals surface area (Å²) in [6, 6.07) is 19.9. The van der Waals surface area contributed by atoms with E-state index >= 15 is 0 Å². The van der Waals surface area contributed by atoms with Crippen molar-refractivity contribution in [3.05, 3.63) is 88.7 Å². The summed E-state index contributed by atoms with van der Waals surface area (Å²) in [4.78, 5) is 27.7. The van der Waals surface area contributed by atoms with E-state index in [9.17, 15) is 9.59 Å². The van der Waals surface area contributed by atoms with Gasteiger partial charge in [-0.05, 0) is 68.5 Å². The molecule has 1 fully saturated rings. The van der Waals surface area contributed by atoms with Crippen LogP contribution in [0.4, 0.5) is 0 Å². The zero-order valence-electron chi connectivity index (χ0n) is 20.0. The largest absolute Gasteiger partial charge is 0.349 e. The highest BCUT2D eigenvalue weighted by atomic mass is 16.2. The number of carbonyl (C=O) groups excluding carboxylic acids is 2. The van der Waals surface area contributed by atoms with Crippen molar-refractivity contribution < 1.29 is 9.59 Å². The summed E-state index contributed by atoms with van der Waals surface area (Å²) in [6.07, 6.45) is 1.53. The number of hydrogen-bond acceptors (Lipinski definition) is 2. The smallest absolute Gasteiger partial charge is 0.255 e. The quantitative estimate of drug-likeness (QED) is 0.585. The molecule has 0 spiro atoms. The number of nitrogens with one attached hydrogen (secondary N) is 1. The van der Waals surface area contributed by atoms with Crippen LogP contribution >= 0.6 is 0 Å². The van der Waals surface area contributed by atoms with Crippen molar-refractivity contribution in [3.63, 3.8) is 0 Å². The molecular weight excluding hydrogens is 410 g/mol. The van der Waals surface area contributed by atoms with Gasteiger partial charge in [-0.15, -0.1) is 0 Å². The minimum Gasteiger partial charge on any atom is -0.349 e. The molecule has 0 unspecified atom stereocenters. The molecule has 0 saturated carbocycles. The summed E-state index contributed by atoms with van der Waals surface area (Å²) in [5.74, 6) is 0.511. The molecular formula is C28H33N3O2. The monoisotopic (exact) mass is 443 g/mol. The van der Waals surface area contributed by atoms with E-state index in [-0.39, 0.29) is 17.9 Å². The summed E-state index contributed by atoms with van der Waals surface area (Å²) < 4.78 is 2.16. The average Bonchev–Trinajstić information content (AvgIpc) is 3.13. The SMILES string of the molecule is Cc1cc(C(=O)N2CCC(NC(=O)c3ccccc3)CC2)c(C)n1-c1ccc(C(C)C)cc1. The summed E-state index contributed by atoms with van der Waals surface area (Å²) in [6.45, 7) is 9.73. The summed E-state index contributed by atoms with van der Waals surface area (Å²) in [5.41, 5.74) is 5.83. The maximum absolute atomic E-state index is 13.3. The number of nitrogens with zero attached hydrogens (tertiary/aromatic N) is 2. The molecule has 1 aliphatic rings. The molecule has 33 heavy (non-hydrogen) atoms. The van der Waals surface area contributed by atoms with E-state index in [0.29, 0.717) is 24.6 Å². The fraction of sp³-hybridized carbons (Fsp3) is 0.357. The molecule has 5 nitrogen and oxygen atoms in total. The molecule has 1 saturated heterocycles. The van der Waals surface area contributed by atoms with Crippen molar-refractivity contribution in [2.24, 2.45) is 0 Å². The van der Waals surface area contributed by atoms with Crippen LogP contribution in [0.15, 0.2) is 60.7 Å². The lowest BCUT2D eigenvalue weighted by Gasteiger charge is -2.32. The molecule has 0 aliphatic carbocycles. The maximum Gasteiger partial charge on any atom is 0.255 e. The second kappa shape index (κ2) is 9.65. The summed E-state index contributed by atoms with van der Waals surface area (Å²) in [5, 5.41) is 3.11. The Labute approximate surface area is 196 Å². The van der Waals surface area contributed by atoms with E-state index in [1.54, 1.807) is 0 Å². The lowest BCUT2D eigenvalue weighted by atomic mass is 10.0. The van der Waals surface area contributed by atoms with Gasteiger partial charge in [0, 0.05) is 41.8 Å². The van der Waals surface area contributed by atoms with Gasteiger partial charge in [-0.1, -0.05) is 44.2 Å². The Morgan fingerprint density at radius 1 is 0.939 bits per heavy atom. The molecule has 172 valence electrons. The van der Waals surface area contributed by atoms with Gasteiger partial charge < -0.3 is 14.8 Å². The molecule has 2 aromatic carbocycles. The van der Waals surface area contributed by atoms with Crippen LogP contribution < -0.4 is 5.32 Å². The van der Waals surface area contributed by atoms with Gasteiger partial charge in [-0.25, -0.2) is 0 Å². The van der Waals surface area contributed by atoms with Crippen LogP contribution in [-0.4, -0.2) is 40.4 Å². The van der Waals surface area contributed by atoms with Gasteiger partial charge >= 0.3 is 0 Å². The van der Waals surface area contributed by atoms with Gasteiger partial charge in [0.15, 0.2) is 0 Å². The first-order valence-corrected chi connectivity index (χ1v) is 11.8. The zero-order chi connectivity index (χ0) is 23.5. The van der Waals surface area contributed by atoms with E-state index < -0.39 is 0 Å². The van der Waals surface area contributed by atoms with E-state index in [2.05, 4.69) is 48.0 Å². The second-order valence-corrected chi connectivity index (χ2v) is 9.27. The number of piperidine rings is 1. The van der Waals surface area contributed by atoms with Crippen LogP contribution in [0.3, 0.4) is 0 Å². The van der Waals surface area contributed by atoms with Gasteiger partial charge in [0.2, 0.25) is 0 Å². The van der Waals surface area contributed by atoms with Crippen LogP contribution in [0.2, 0.25) is 0 Å². The first-order chi connectivity index (χ1) is 15.8. The predicted molar refractivity (Wildman–Crippen MR) is 132 cm³/mol. The van der Waals surface area contributed by atoms with Crippen molar-refractivity contribution in [2.45, 2.75) is 52.5 Å². The lowest BCUT2D eigenvalue weighted by molar-refractivity contribution is 0.0697. The first kappa shape index (κ1) is 22.8. The number of likely N-dealkylation sites (tertiary alicyclic amines) is 1. The molecule has 1 aromatic heterocycles. The number of carbonyl (C=O) groups is 2. The third-order valence-corrected chi connectivity index (χ3v) is 6.63. The average molecular weight is 444 g/mol. The highest BCUT2D eigenvalue weighted by molar-refractivity contribution is 5.96. The third kappa shape index (κ3) is 4.87. The number of hydrogen-bond donors (Lipinski definition) is 1. The summed E-state index contributed by atoms with van der Waals surface area (Å²) in [7, 11) is 0. The highest BCUT2D eigenvalue weighted by Gasteiger charge is 2.27. The van der Waals surface area contributed by atoms with Crippen molar-refractivity contribution in [3.8, 4) is 5.69 Å². The third-order valence-electron chi connectivity index (χ3n) is 6.63. The minimum atomic E-state index is -0.0487. The van der Waals surface area contributed by atoms with E-state index in [4.69, 9.17) is 0 Å². The Hall–Kier alpha value is -3.34. The predicted octanol–water partition coefficient (Wildman–Crippen LogP) is 5.25. The Kier molecular flexibility index (Phi) is 6.68. The fourth-order valence-corrected chi connectivity index (χ4v) is 4.64. The van der Waals surface area contributed by atoms with Gasteiger partial charge in [0.1, 0.15) is 0 Å². The molecule has 0 radical (unpaired) electrons. The van der Waals surface area contributed by atoms with Crippen LogP contribution in [0, 0.1) is 13.8 Å². The Bertz CT molecular complexity index is 1120. The van der Waals surface area contributed by atoms with Crippen molar-refractivity contribution in [1.82, 2.24) is 14.8 Å². The number of amides is 2. The molecule has 2 heterocycles. The van der Waals surface area contributed by atoms with E-state index in [0.717, 1.165) is 35.5 Å². The molecule has 0 bridgehead atoms. The van der Waals surface area contributed by atoms with Gasteiger partial charge in [-0.3, -0.25) is 9.59 Å². The molecule has 0 atom stereocenters. The first-order valence-electron chi connectivity index (χ1n) is 11.8. The topological polar surface area (TPSA) is 54.3 Å². The van der Waals surface area contributed by atoms with Crippen LogP contribution in [0.5, 0.6) is 0 Å². The van der Waals surface area contributed by atoms with Crippen LogP contribution in [0.1, 0.15) is 70.3 Å². The normalized spacial score (nSPS) is 14.5. The minimum absolute atomic E-state index is 0.0487. The Morgan fingerprint density at radius 2 is 1.58 bits per heavy atom. The van der Waals surface area contributed by atoms with Gasteiger partial charge in [0.25, 0.3) is 11.8 Å². The second-order valence-electron chi connectivity index (χ2n) is 9.27. The number of aryl methyl sites for hydroxylation is 1. The number of benzene rings is 2. The molecule has 2 amide bonds. The van der Waals surface area contributed by atoms with E-state index in [1.165, 1.54) is 5.56 Å². The maximum atomic E-state index is 13.3. The van der Waals surface area contributed by atoms with Crippen molar-refractivity contribution >= 4 is 11.8 Å². The molecule has 1 N–H and O–H groups in total. The number of aromatic nitrogens is 1. The molecule has 3 aromatic rings. The van der Waals surface area contributed by atoms with Crippen molar-refractivity contribution in [1.29, 1.82) is 0 Å². The number of rotatable bonds is 5. The molecule has 4 rings (SSSR count). The van der Waals surface area contributed by atoms with Crippen LogP contribution in [-0.2, 0) is 0 Å². The van der Waals surface area contributed by atoms with Gasteiger partial charge in [-0.2, -0.15) is 0 Å². The molecule has 1 aliphatic heterocycles. The standard InChI is InChI=1S/C28H33N3O2/c1-19(2)22-10-12-25(13-11-22)31-20(3)18-26(21(31)4)28(33)30-16-14-24(15-17-30)29-27(32)23-8-6-5-7-9-23/h5-13,18-19,24H,14-17H2,1-4H3,(H,29,32). The lowest BCUT2D eigenvalue weighted by Crippen LogP contribution is -2.46. The molecule has 5 heteroatoms. The summed E-state index contributed by atoms with van der Waals surface area (Å²) >= 11 is 0. The Morgan fingerprint density at radius 3 is 2.18 bits per heavy atom. The van der Waals surface area contributed by atoms with Gasteiger partial charge in [0.05, 0.1) is 5.56 Å².